The third kappa shape index (κ3) is 1.83. The van der Waals surface area contributed by atoms with E-state index in [9.17, 15) is 4.79 Å². The van der Waals surface area contributed by atoms with Gasteiger partial charge in [0.25, 0.3) is 0 Å². The van der Waals surface area contributed by atoms with Gasteiger partial charge >= 0.3 is 0 Å². The molecule has 1 aromatic rings. The van der Waals surface area contributed by atoms with Crippen LogP contribution in [0.5, 0.6) is 5.75 Å². The lowest BCUT2D eigenvalue weighted by Crippen LogP contribution is -2.19. The quantitative estimate of drug-likeness (QED) is 0.825. The van der Waals surface area contributed by atoms with Crippen molar-refractivity contribution in [2.24, 2.45) is 0 Å². The number of nitrogens with one attached hydrogen (secondary N) is 1. The van der Waals surface area contributed by atoms with Crippen molar-refractivity contribution < 1.29 is 9.53 Å². The Morgan fingerprint density at radius 3 is 2.38 bits per heavy atom. The number of carbonyl (C=O) groups is 1. The Labute approximate surface area is 95.8 Å². The van der Waals surface area contributed by atoms with E-state index in [4.69, 9.17) is 4.74 Å². The molecule has 1 N–H and O–H groups in total. The first kappa shape index (κ1) is 11.1. The summed E-state index contributed by atoms with van der Waals surface area (Å²) in [6.07, 6.45) is 0.634. The molecule has 0 bridgehead atoms. The lowest BCUT2D eigenvalue weighted by molar-refractivity contribution is -0.118. The van der Waals surface area contributed by atoms with Crippen molar-refractivity contribution in [2.45, 2.75) is 26.3 Å². The summed E-state index contributed by atoms with van der Waals surface area (Å²) in [6.45, 7) is 4.84. The zero-order valence-corrected chi connectivity index (χ0v) is 9.96. The van der Waals surface area contributed by atoms with Crippen molar-refractivity contribution >= 4 is 5.78 Å². The van der Waals surface area contributed by atoms with Crippen molar-refractivity contribution in [1.29, 1.82) is 0 Å². The number of hydrogen-bond donors (Lipinski definition) is 1. The van der Waals surface area contributed by atoms with Crippen LogP contribution in [0.25, 0.3) is 0 Å². The average molecular weight is 219 g/mol. The Balaban J connectivity index is 2.44. The summed E-state index contributed by atoms with van der Waals surface area (Å²) in [4.78, 5) is 11.7. The van der Waals surface area contributed by atoms with Crippen molar-refractivity contribution in [3.8, 4) is 5.75 Å². The molecule has 1 aliphatic rings. The summed E-state index contributed by atoms with van der Waals surface area (Å²) in [5.41, 5.74) is 3.34. The predicted molar refractivity (Wildman–Crippen MR) is 62.8 cm³/mol. The molecule has 0 spiro atoms. The second-order valence-corrected chi connectivity index (χ2v) is 4.28. The first-order valence-electron chi connectivity index (χ1n) is 5.54. The molecule has 86 valence electrons. The van der Waals surface area contributed by atoms with Crippen LogP contribution in [0, 0.1) is 13.8 Å². The SMILES string of the molecule is COc1cc(C)c(C2NCCC2=O)c(C)c1. The third-order valence-electron chi connectivity index (χ3n) is 3.13. The van der Waals surface area contributed by atoms with E-state index in [0.717, 1.165) is 29.0 Å². The standard InChI is InChI=1S/C13H17NO2/c1-8-6-10(16-3)7-9(2)12(8)13-11(15)4-5-14-13/h6-7,13-14H,4-5H2,1-3H3. The van der Waals surface area contributed by atoms with Gasteiger partial charge in [-0.3, -0.25) is 4.79 Å². The average Bonchev–Trinajstić information content (AvgIpc) is 2.64. The number of aryl methyl sites for hydroxylation is 2. The van der Waals surface area contributed by atoms with Crippen LogP contribution in [-0.4, -0.2) is 19.4 Å². The molecule has 0 saturated carbocycles. The predicted octanol–water partition coefficient (Wildman–Crippen LogP) is 1.92. The molecule has 0 aromatic heterocycles. The molecule has 2 rings (SSSR count). The van der Waals surface area contributed by atoms with Crippen molar-refractivity contribution in [1.82, 2.24) is 5.32 Å². The Morgan fingerprint density at radius 2 is 1.94 bits per heavy atom. The lowest BCUT2D eigenvalue weighted by Gasteiger charge is -2.17. The second-order valence-electron chi connectivity index (χ2n) is 4.28. The summed E-state index contributed by atoms with van der Waals surface area (Å²) in [5.74, 6) is 1.14. The molecule has 1 unspecified atom stereocenters. The number of Topliss-reactive ketones (excluding diaryl/α,β-unsaturated/α-hetero) is 1. The van der Waals surface area contributed by atoms with Gasteiger partial charge in [-0.05, 0) is 42.7 Å². The number of ketones is 1. The minimum absolute atomic E-state index is 0.120. The van der Waals surface area contributed by atoms with Crippen molar-refractivity contribution in [3.05, 3.63) is 28.8 Å². The Kier molecular flexibility index (Phi) is 2.97. The zero-order valence-electron chi connectivity index (χ0n) is 9.96. The van der Waals surface area contributed by atoms with E-state index in [1.165, 1.54) is 0 Å². The fraction of sp³-hybridized carbons (Fsp3) is 0.462. The molecule has 1 aromatic carbocycles. The van der Waals surface area contributed by atoms with E-state index in [1.807, 2.05) is 26.0 Å². The second kappa shape index (κ2) is 4.26. The largest absolute Gasteiger partial charge is 0.497 e. The molecule has 1 heterocycles. The smallest absolute Gasteiger partial charge is 0.155 e. The Hall–Kier alpha value is -1.35. The molecule has 3 nitrogen and oxygen atoms in total. The summed E-state index contributed by atoms with van der Waals surface area (Å²) < 4.78 is 5.21. The molecule has 16 heavy (non-hydrogen) atoms. The van der Waals surface area contributed by atoms with Crippen molar-refractivity contribution in [2.75, 3.05) is 13.7 Å². The zero-order chi connectivity index (χ0) is 11.7. The van der Waals surface area contributed by atoms with Gasteiger partial charge in [-0.2, -0.15) is 0 Å². The molecule has 1 atom stereocenters. The lowest BCUT2D eigenvalue weighted by atomic mass is 9.94. The number of ether oxygens (including phenoxy) is 1. The first-order valence-corrected chi connectivity index (χ1v) is 5.54. The van der Waals surface area contributed by atoms with Crippen LogP contribution in [0.3, 0.4) is 0 Å². The number of hydrogen-bond acceptors (Lipinski definition) is 3. The summed E-state index contributed by atoms with van der Waals surface area (Å²) in [7, 11) is 1.66. The maximum Gasteiger partial charge on any atom is 0.155 e. The van der Waals surface area contributed by atoms with Crippen LogP contribution in [0.1, 0.15) is 29.2 Å². The van der Waals surface area contributed by atoms with Gasteiger partial charge in [-0.15, -0.1) is 0 Å². The monoisotopic (exact) mass is 219 g/mol. The summed E-state index contributed by atoms with van der Waals surface area (Å²) in [6, 6.07) is 3.84. The molecule has 0 radical (unpaired) electrons. The number of carbonyl (C=O) groups excluding carboxylic acids is 1. The highest BCUT2D eigenvalue weighted by molar-refractivity contribution is 5.88. The summed E-state index contributed by atoms with van der Waals surface area (Å²) in [5, 5.41) is 3.25. The van der Waals surface area contributed by atoms with Gasteiger partial charge in [-0.25, -0.2) is 0 Å². The van der Waals surface area contributed by atoms with Gasteiger partial charge in [0.05, 0.1) is 13.2 Å². The van der Waals surface area contributed by atoms with E-state index in [1.54, 1.807) is 7.11 Å². The molecular formula is C13H17NO2. The minimum Gasteiger partial charge on any atom is -0.497 e. The topological polar surface area (TPSA) is 38.3 Å². The number of rotatable bonds is 2. The fourth-order valence-electron chi connectivity index (χ4n) is 2.37. The van der Waals surface area contributed by atoms with Gasteiger partial charge in [0.15, 0.2) is 5.78 Å². The Morgan fingerprint density at radius 1 is 1.31 bits per heavy atom. The van der Waals surface area contributed by atoms with Crippen LogP contribution >= 0.6 is 0 Å². The fourth-order valence-corrected chi connectivity index (χ4v) is 2.37. The van der Waals surface area contributed by atoms with Gasteiger partial charge in [0.2, 0.25) is 0 Å². The van der Waals surface area contributed by atoms with E-state index in [-0.39, 0.29) is 11.8 Å². The third-order valence-corrected chi connectivity index (χ3v) is 3.13. The summed E-state index contributed by atoms with van der Waals surface area (Å²) >= 11 is 0. The van der Waals surface area contributed by atoms with E-state index in [2.05, 4.69) is 5.32 Å². The van der Waals surface area contributed by atoms with Crippen LogP contribution in [0.4, 0.5) is 0 Å². The molecule has 1 saturated heterocycles. The van der Waals surface area contributed by atoms with Gasteiger partial charge < -0.3 is 10.1 Å². The van der Waals surface area contributed by atoms with E-state index < -0.39 is 0 Å². The van der Waals surface area contributed by atoms with E-state index in [0.29, 0.717) is 6.42 Å². The van der Waals surface area contributed by atoms with Crippen LogP contribution in [0.2, 0.25) is 0 Å². The normalized spacial score (nSPS) is 20.2. The highest BCUT2D eigenvalue weighted by Gasteiger charge is 2.28. The van der Waals surface area contributed by atoms with Crippen molar-refractivity contribution in [3.63, 3.8) is 0 Å². The number of benzene rings is 1. The Bertz CT molecular complexity index is 403. The molecule has 0 amide bonds. The molecule has 3 heteroatoms. The van der Waals surface area contributed by atoms with Crippen LogP contribution in [-0.2, 0) is 4.79 Å². The highest BCUT2D eigenvalue weighted by atomic mass is 16.5. The molecular weight excluding hydrogens is 202 g/mol. The maximum absolute atomic E-state index is 11.7. The van der Waals surface area contributed by atoms with Gasteiger partial charge in [0.1, 0.15) is 5.75 Å². The minimum atomic E-state index is -0.120. The van der Waals surface area contributed by atoms with Crippen LogP contribution in [0.15, 0.2) is 12.1 Å². The van der Waals surface area contributed by atoms with Gasteiger partial charge in [-0.1, -0.05) is 0 Å². The highest BCUT2D eigenvalue weighted by Crippen LogP contribution is 2.29. The molecule has 1 fully saturated rings. The van der Waals surface area contributed by atoms with Crippen LogP contribution < -0.4 is 10.1 Å². The first-order chi connectivity index (χ1) is 7.63. The maximum atomic E-state index is 11.7. The van der Waals surface area contributed by atoms with E-state index >= 15 is 0 Å². The van der Waals surface area contributed by atoms with Gasteiger partial charge in [0, 0.05) is 13.0 Å². The molecule has 0 aliphatic carbocycles. The molecule has 1 aliphatic heterocycles. The number of methoxy groups -OCH3 is 1.